The maximum atomic E-state index is 10.4. The zero-order chi connectivity index (χ0) is 15.9. The molecule has 1 rings (SSSR count). The zero-order valence-electron chi connectivity index (χ0n) is 13.6. The second-order valence-electron chi connectivity index (χ2n) is 6.42. The minimum absolute atomic E-state index is 0.156. The van der Waals surface area contributed by atoms with E-state index in [1.807, 2.05) is 19.2 Å². The van der Waals surface area contributed by atoms with Crippen molar-refractivity contribution in [3.8, 4) is 5.75 Å². The molecule has 1 aromatic rings. The number of hydrogen-bond acceptors (Lipinski definition) is 3. The molecule has 21 heavy (non-hydrogen) atoms. The van der Waals surface area contributed by atoms with Gasteiger partial charge in [-0.2, -0.15) is 0 Å². The number of ether oxygens (including phenoxy) is 1. The second kappa shape index (κ2) is 8.03. The SMILES string of the molecule is CN(CCCC(=O)O)CCOc1ccc(C(C)(C)C)cc1. The summed E-state index contributed by atoms with van der Waals surface area (Å²) in [5, 5.41) is 8.59. The molecule has 0 aromatic heterocycles. The van der Waals surface area contributed by atoms with E-state index in [1.165, 1.54) is 5.56 Å². The number of likely N-dealkylation sites (N-methyl/N-ethyl adjacent to an activating group) is 1. The van der Waals surface area contributed by atoms with E-state index in [2.05, 4.69) is 37.8 Å². The zero-order valence-corrected chi connectivity index (χ0v) is 13.6. The molecule has 118 valence electrons. The number of carboxylic acid groups (broad SMARTS) is 1. The van der Waals surface area contributed by atoms with E-state index in [0.717, 1.165) is 18.8 Å². The van der Waals surface area contributed by atoms with Crippen LogP contribution in [-0.2, 0) is 10.2 Å². The minimum atomic E-state index is -0.737. The summed E-state index contributed by atoms with van der Waals surface area (Å²) >= 11 is 0. The molecule has 0 fully saturated rings. The van der Waals surface area contributed by atoms with Gasteiger partial charge in [-0.15, -0.1) is 0 Å². The third-order valence-corrected chi connectivity index (χ3v) is 3.39. The normalized spacial score (nSPS) is 11.7. The van der Waals surface area contributed by atoms with Crippen LogP contribution in [0.1, 0.15) is 39.2 Å². The third-order valence-electron chi connectivity index (χ3n) is 3.39. The van der Waals surface area contributed by atoms with Gasteiger partial charge < -0.3 is 14.7 Å². The Hall–Kier alpha value is -1.55. The standard InChI is InChI=1S/C17H27NO3/c1-17(2,3)14-7-9-15(10-8-14)21-13-12-18(4)11-5-6-16(19)20/h7-10H,5-6,11-13H2,1-4H3,(H,19,20). The van der Waals surface area contributed by atoms with Crippen LogP contribution in [0.5, 0.6) is 5.75 Å². The van der Waals surface area contributed by atoms with Crippen molar-refractivity contribution in [2.75, 3.05) is 26.7 Å². The van der Waals surface area contributed by atoms with Crippen LogP contribution < -0.4 is 4.74 Å². The second-order valence-corrected chi connectivity index (χ2v) is 6.42. The van der Waals surface area contributed by atoms with Gasteiger partial charge in [0.05, 0.1) is 0 Å². The van der Waals surface area contributed by atoms with E-state index in [0.29, 0.717) is 13.0 Å². The van der Waals surface area contributed by atoms with Gasteiger partial charge in [0.25, 0.3) is 0 Å². The van der Waals surface area contributed by atoms with Crippen LogP contribution >= 0.6 is 0 Å². The van der Waals surface area contributed by atoms with E-state index in [4.69, 9.17) is 9.84 Å². The first-order valence-electron chi connectivity index (χ1n) is 7.43. The predicted molar refractivity (Wildman–Crippen MR) is 85.0 cm³/mol. The number of nitrogens with zero attached hydrogens (tertiary/aromatic N) is 1. The lowest BCUT2D eigenvalue weighted by molar-refractivity contribution is -0.137. The topological polar surface area (TPSA) is 49.8 Å². The highest BCUT2D eigenvalue weighted by Crippen LogP contribution is 2.24. The Morgan fingerprint density at radius 3 is 2.33 bits per heavy atom. The highest BCUT2D eigenvalue weighted by molar-refractivity contribution is 5.66. The fraction of sp³-hybridized carbons (Fsp3) is 0.588. The Morgan fingerprint density at radius 1 is 1.19 bits per heavy atom. The number of hydrogen-bond donors (Lipinski definition) is 1. The highest BCUT2D eigenvalue weighted by Gasteiger charge is 2.12. The van der Waals surface area contributed by atoms with Gasteiger partial charge in [0.1, 0.15) is 12.4 Å². The molecule has 0 aliphatic heterocycles. The van der Waals surface area contributed by atoms with Gasteiger partial charge in [-0.05, 0) is 43.1 Å². The molecule has 0 radical (unpaired) electrons. The molecule has 0 unspecified atom stereocenters. The number of rotatable bonds is 8. The summed E-state index contributed by atoms with van der Waals surface area (Å²) in [6.45, 7) is 8.75. The molecule has 4 heteroatoms. The molecule has 1 aromatic carbocycles. The van der Waals surface area contributed by atoms with Crippen molar-refractivity contribution in [1.29, 1.82) is 0 Å². The van der Waals surface area contributed by atoms with Gasteiger partial charge in [-0.1, -0.05) is 32.9 Å². The van der Waals surface area contributed by atoms with Crippen molar-refractivity contribution in [2.24, 2.45) is 0 Å². The number of benzene rings is 1. The number of aliphatic carboxylic acids is 1. The fourth-order valence-electron chi connectivity index (χ4n) is 1.98. The van der Waals surface area contributed by atoms with E-state index in [-0.39, 0.29) is 11.8 Å². The summed E-state index contributed by atoms with van der Waals surface area (Å²) in [4.78, 5) is 12.5. The van der Waals surface area contributed by atoms with Crippen LogP contribution in [-0.4, -0.2) is 42.7 Å². The maximum absolute atomic E-state index is 10.4. The van der Waals surface area contributed by atoms with Gasteiger partial charge in [0, 0.05) is 13.0 Å². The van der Waals surface area contributed by atoms with Gasteiger partial charge in [-0.25, -0.2) is 0 Å². The van der Waals surface area contributed by atoms with E-state index in [9.17, 15) is 4.79 Å². The Bertz CT molecular complexity index is 434. The Balaban J connectivity index is 2.27. The molecule has 0 spiro atoms. The molecule has 0 bridgehead atoms. The first-order valence-corrected chi connectivity index (χ1v) is 7.43. The van der Waals surface area contributed by atoms with Crippen LogP contribution in [0.15, 0.2) is 24.3 Å². The first kappa shape index (κ1) is 17.5. The van der Waals surface area contributed by atoms with Gasteiger partial charge >= 0.3 is 5.97 Å². The summed E-state index contributed by atoms with van der Waals surface area (Å²) < 4.78 is 5.71. The van der Waals surface area contributed by atoms with Crippen molar-refractivity contribution < 1.29 is 14.6 Å². The Morgan fingerprint density at radius 2 is 1.81 bits per heavy atom. The van der Waals surface area contributed by atoms with Crippen molar-refractivity contribution >= 4 is 5.97 Å². The predicted octanol–water partition coefficient (Wildman–Crippen LogP) is 3.16. The van der Waals surface area contributed by atoms with Gasteiger partial charge in [-0.3, -0.25) is 4.79 Å². The molecule has 0 saturated heterocycles. The van der Waals surface area contributed by atoms with E-state index in [1.54, 1.807) is 0 Å². The minimum Gasteiger partial charge on any atom is -0.492 e. The molecule has 1 N–H and O–H groups in total. The molecule has 4 nitrogen and oxygen atoms in total. The third kappa shape index (κ3) is 7.14. The van der Waals surface area contributed by atoms with Crippen LogP contribution in [0.3, 0.4) is 0 Å². The summed E-state index contributed by atoms with van der Waals surface area (Å²) in [6.07, 6.45) is 0.894. The molecule has 0 saturated carbocycles. The Kier molecular flexibility index (Phi) is 6.69. The summed E-state index contributed by atoms with van der Waals surface area (Å²) in [7, 11) is 1.98. The summed E-state index contributed by atoms with van der Waals surface area (Å²) in [5.74, 6) is 0.139. The van der Waals surface area contributed by atoms with Crippen LogP contribution in [0, 0.1) is 0 Å². The number of carboxylic acids is 1. The average molecular weight is 293 g/mol. The van der Waals surface area contributed by atoms with E-state index < -0.39 is 5.97 Å². The fourth-order valence-corrected chi connectivity index (χ4v) is 1.98. The van der Waals surface area contributed by atoms with Crippen LogP contribution in [0.2, 0.25) is 0 Å². The lowest BCUT2D eigenvalue weighted by Crippen LogP contribution is -2.25. The highest BCUT2D eigenvalue weighted by atomic mass is 16.5. The van der Waals surface area contributed by atoms with Gasteiger partial charge in [0.2, 0.25) is 0 Å². The summed E-state index contributed by atoms with van der Waals surface area (Å²) in [5.41, 5.74) is 1.45. The van der Waals surface area contributed by atoms with E-state index >= 15 is 0 Å². The van der Waals surface area contributed by atoms with Crippen LogP contribution in [0.4, 0.5) is 0 Å². The molecular formula is C17H27NO3. The monoisotopic (exact) mass is 293 g/mol. The van der Waals surface area contributed by atoms with Crippen molar-refractivity contribution in [3.63, 3.8) is 0 Å². The molecule has 0 amide bonds. The molecule has 0 atom stereocenters. The van der Waals surface area contributed by atoms with Crippen LogP contribution in [0.25, 0.3) is 0 Å². The first-order chi connectivity index (χ1) is 9.79. The maximum Gasteiger partial charge on any atom is 0.303 e. The summed E-state index contributed by atoms with van der Waals surface area (Å²) in [6, 6.07) is 8.22. The van der Waals surface area contributed by atoms with Crippen molar-refractivity contribution in [2.45, 2.75) is 39.0 Å². The molecule has 0 aliphatic rings. The molecule has 0 heterocycles. The lowest BCUT2D eigenvalue weighted by Gasteiger charge is -2.19. The van der Waals surface area contributed by atoms with Crippen molar-refractivity contribution in [1.82, 2.24) is 4.90 Å². The van der Waals surface area contributed by atoms with Crippen molar-refractivity contribution in [3.05, 3.63) is 29.8 Å². The Labute approximate surface area is 127 Å². The molecular weight excluding hydrogens is 266 g/mol. The number of carbonyl (C=O) groups is 1. The lowest BCUT2D eigenvalue weighted by atomic mass is 9.87. The van der Waals surface area contributed by atoms with Gasteiger partial charge in [0.15, 0.2) is 0 Å². The smallest absolute Gasteiger partial charge is 0.303 e. The largest absolute Gasteiger partial charge is 0.492 e. The molecule has 0 aliphatic carbocycles. The quantitative estimate of drug-likeness (QED) is 0.800. The average Bonchev–Trinajstić information content (AvgIpc) is 2.38.